The standard InChI is InChI=1S/C21H19N7O4/c1-2-13(11-7-4-3-5-8-11)22-15-16(19(31)18(15)30)23-14-10-6-9-12(17(14)29)20(32)24-21-25-27-28-26-21/h3-10,13,22-23,29H,2H2,1H3,(H2,24,25,26,27,28,32). The Hall–Kier alpha value is -4.54. The van der Waals surface area contributed by atoms with E-state index >= 15 is 0 Å². The lowest BCUT2D eigenvalue weighted by Gasteiger charge is -2.22. The summed E-state index contributed by atoms with van der Waals surface area (Å²) in [6, 6.07) is 13.7. The lowest BCUT2D eigenvalue weighted by Crippen LogP contribution is -2.37. The predicted molar refractivity (Wildman–Crippen MR) is 118 cm³/mol. The summed E-state index contributed by atoms with van der Waals surface area (Å²) in [6.45, 7) is 1.96. The third-order valence-electron chi connectivity index (χ3n) is 4.95. The molecule has 0 spiro atoms. The number of rotatable bonds is 8. The monoisotopic (exact) mass is 433 g/mol. The molecule has 32 heavy (non-hydrogen) atoms. The Morgan fingerprint density at radius 3 is 2.50 bits per heavy atom. The molecule has 1 unspecified atom stereocenters. The average molecular weight is 433 g/mol. The van der Waals surface area contributed by atoms with Gasteiger partial charge in [-0.05, 0) is 29.3 Å². The number of amides is 1. The number of carbonyl (C=O) groups excluding carboxylic acids is 1. The molecule has 0 aliphatic heterocycles. The topological polar surface area (TPSA) is 162 Å². The van der Waals surface area contributed by atoms with E-state index in [1.165, 1.54) is 18.2 Å². The van der Waals surface area contributed by atoms with Gasteiger partial charge in [-0.3, -0.25) is 19.7 Å². The van der Waals surface area contributed by atoms with Gasteiger partial charge in [-0.25, -0.2) is 0 Å². The van der Waals surface area contributed by atoms with E-state index in [0.717, 1.165) is 5.56 Å². The molecule has 0 radical (unpaired) electrons. The molecule has 0 saturated heterocycles. The highest BCUT2D eigenvalue weighted by Crippen LogP contribution is 2.33. The van der Waals surface area contributed by atoms with E-state index in [4.69, 9.17) is 0 Å². The highest BCUT2D eigenvalue weighted by atomic mass is 16.3. The molecule has 0 fully saturated rings. The number of hydrogen-bond donors (Lipinski definition) is 5. The fraction of sp³-hybridized carbons (Fsp3) is 0.143. The maximum absolute atomic E-state index is 12.4. The summed E-state index contributed by atoms with van der Waals surface area (Å²) in [7, 11) is 0. The van der Waals surface area contributed by atoms with Crippen molar-refractivity contribution in [3.63, 3.8) is 0 Å². The van der Waals surface area contributed by atoms with Crippen LogP contribution in [-0.4, -0.2) is 31.6 Å². The number of anilines is 4. The van der Waals surface area contributed by atoms with Gasteiger partial charge in [-0.15, -0.1) is 5.10 Å². The molecule has 4 aromatic rings. The minimum atomic E-state index is -0.712. The summed E-state index contributed by atoms with van der Waals surface area (Å²) in [6.07, 6.45) is 0.680. The van der Waals surface area contributed by atoms with Crippen LogP contribution in [0.1, 0.15) is 35.3 Å². The molecule has 4 rings (SSSR count). The third kappa shape index (κ3) is 3.90. The normalized spacial score (nSPS) is 11.8. The number of phenolic OH excluding ortho intramolecular Hbond substituents is 1. The quantitative estimate of drug-likeness (QED) is 0.207. The Bertz CT molecular complexity index is 1310. The molecule has 3 aromatic carbocycles. The largest absolute Gasteiger partial charge is 0.505 e. The second-order valence-electron chi connectivity index (χ2n) is 6.94. The van der Waals surface area contributed by atoms with Gasteiger partial charge in [-0.1, -0.05) is 48.4 Å². The maximum atomic E-state index is 12.4. The van der Waals surface area contributed by atoms with Gasteiger partial charge < -0.3 is 15.7 Å². The zero-order chi connectivity index (χ0) is 22.7. The Morgan fingerprint density at radius 2 is 1.81 bits per heavy atom. The molecule has 0 saturated carbocycles. The van der Waals surface area contributed by atoms with Crippen molar-refractivity contribution in [2.45, 2.75) is 19.4 Å². The number of aromatic hydroxyl groups is 1. The summed E-state index contributed by atoms with van der Waals surface area (Å²) >= 11 is 0. The second-order valence-corrected chi connectivity index (χ2v) is 6.94. The SMILES string of the molecule is CCC(Nc1c(Nc2cccc(C(=O)Nc3nn[nH]n3)c2O)c(=O)c1=O)c1ccccc1. The summed E-state index contributed by atoms with van der Waals surface area (Å²) < 4.78 is 0. The summed E-state index contributed by atoms with van der Waals surface area (Å²) in [5, 5.41) is 31.6. The Balaban J connectivity index is 1.58. The van der Waals surface area contributed by atoms with Crippen molar-refractivity contribution >= 4 is 28.9 Å². The van der Waals surface area contributed by atoms with Crippen molar-refractivity contribution in [1.82, 2.24) is 20.6 Å². The molecule has 1 aromatic heterocycles. The van der Waals surface area contributed by atoms with Crippen LogP contribution in [0.4, 0.5) is 23.0 Å². The van der Waals surface area contributed by atoms with Gasteiger partial charge in [0.2, 0.25) is 0 Å². The smallest absolute Gasteiger partial charge is 0.270 e. The molecule has 1 heterocycles. The van der Waals surface area contributed by atoms with Gasteiger partial charge in [0.25, 0.3) is 22.7 Å². The van der Waals surface area contributed by atoms with Crippen molar-refractivity contribution in [2.24, 2.45) is 0 Å². The van der Waals surface area contributed by atoms with Crippen molar-refractivity contribution < 1.29 is 9.90 Å². The molecule has 0 bridgehead atoms. The lowest BCUT2D eigenvalue weighted by molar-refractivity contribution is 0.102. The maximum Gasteiger partial charge on any atom is 0.270 e. The van der Waals surface area contributed by atoms with Crippen molar-refractivity contribution in [3.05, 3.63) is 80.1 Å². The van der Waals surface area contributed by atoms with Crippen LogP contribution in [0.2, 0.25) is 0 Å². The summed E-state index contributed by atoms with van der Waals surface area (Å²) in [5.74, 6) is -1.14. The molecule has 1 atom stereocenters. The van der Waals surface area contributed by atoms with E-state index in [0.29, 0.717) is 6.42 Å². The van der Waals surface area contributed by atoms with E-state index in [-0.39, 0.29) is 34.6 Å². The first kappa shape index (κ1) is 20.7. The van der Waals surface area contributed by atoms with Gasteiger partial charge in [0, 0.05) is 0 Å². The molecular formula is C21H19N7O4. The van der Waals surface area contributed by atoms with Crippen molar-refractivity contribution in [2.75, 3.05) is 16.0 Å². The number of phenols is 1. The van der Waals surface area contributed by atoms with E-state index in [9.17, 15) is 19.5 Å². The van der Waals surface area contributed by atoms with E-state index < -0.39 is 22.5 Å². The number of H-pyrrole nitrogens is 1. The minimum absolute atomic E-state index is 0.0235. The van der Waals surface area contributed by atoms with Crippen LogP contribution in [0.3, 0.4) is 0 Å². The third-order valence-corrected chi connectivity index (χ3v) is 4.95. The Kier molecular flexibility index (Phi) is 5.62. The van der Waals surface area contributed by atoms with Crippen LogP contribution in [-0.2, 0) is 0 Å². The molecule has 0 aliphatic carbocycles. The number of nitrogens with one attached hydrogen (secondary N) is 4. The Morgan fingerprint density at radius 1 is 1.06 bits per heavy atom. The fourth-order valence-electron chi connectivity index (χ4n) is 3.28. The molecule has 1 amide bonds. The van der Waals surface area contributed by atoms with Crippen LogP contribution in [0.25, 0.3) is 0 Å². The second kappa shape index (κ2) is 8.68. The number of aromatic nitrogens is 4. The van der Waals surface area contributed by atoms with Gasteiger partial charge in [0.05, 0.1) is 17.3 Å². The number of para-hydroxylation sites is 1. The van der Waals surface area contributed by atoms with E-state index in [1.54, 1.807) is 0 Å². The van der Waals surface area contributed by atoms with Crippen molar-refractivity contribution in [1.29, 1.82) is 0 Å². The van der Waals surface area contributed by atoms with Crippen molar-refractivity contribution in [3.8, 4) is 5.75 Å². The van der Waals surface area contributed by atoms with E-state index in [2.05, 4.69) is 36.6 Å². The molecular weight excluding hydrogens is 414 g/mol. The first-order valence-electron chi connectivity index (χ1n) is 9.78. The number of carbonyl (C=O) groups is 1. The average Bonchev–Trinajstić information content (AvgIpc) is 3.33. The first-order valence-corrected chi connectivity index (χ1v) is 9.78. The molecule has 162 valence electrons. The molecule has 5 N–H and O–H groups in total. The van der Waals surface area contributed by atoms with Gasteiger partial charge in [-0.2, -0.15) is 5.21 Å². The highest BCUT2D eigenvalue weighted by Gasteiger charge is 2.25. The number of aromatic amines is 1. The summed E-state index contributed by atoms with van der Waals surface area (Å²) in [4.78, 5) is 36.9. The van der Waals surface area contributed by atoms with Crippen LogP contribution in [0, 0.1) is 0 Å². The number of tetrazole rings is 1. The van der Waals surface area contributed by atoms with Crippen LogP contribution in [0.5, 0.6) is 5.75 Å². The summed E-state index contributed by atoms with van der Waals surface area (Å²) in [5.41, 5.74) is -0.222. The first-order chi connectivity index (χ1) is 15.5. The van der Waals surface area contributed by atoms with Crippen LogP contribution >= 0.6 is 0 Å². The van der Waals surface area contributed by atoms with Gasteiger partial charge >= 0.3 is 0 Å². The zero-order valence-corrected chi connectivity index (χ0v) is 16.9. The highest BCUT2D eigenvalue weighted by molar-refractivity contribution is 6.06. The zero-order valence-electron chi connectivity index (χ0n) is 16.9. The molecule has 0 aliphatic rings. The van der Waals surface area contributed by atoms with Gasteiger partial charge in [0.15, 0.2) is 5.75 Å². The molecule has 11 heteroatoms. The fourth-order valence-corrected chi connectivity index (χ4v) is 3.28. The lowest BCUT2D eigenvalue weighted by atomic mass is 10.0. The Labute approximate surface area is 181 Å². The van der Waals surface area contributed by atoms with Crippen LogP contribution < -0.4 is 26.8 Å². The van der Waals surface area contributed by atoms with Gasteiger partial charge in [0.1, 0.15) is 11.4 Å². The van der Waals surface area contributed by atoms with Crippen LogP contribution in [0.15, 0.2) is 58.1 Å². The number of nitrogens with zero attached hydrogens (tertiary/aromatic N) is 3. The molecule has 11 nitrogen and oxygen atoms in total. The predicted octanol–water partition coefficient (Wildman–Crippen LogP) is 2.06. The number of hydrogen-bond acceptors (Lipinski definition) is 9. The minimum Gasteiger partial charge on any atom is -0.505 e. The number of benzene rings is 2. The van der Waals surface area contributed by atoms with E-state index in [1.807, 2.05) is 37.3 Å².